The largest absolute Gasteiger partial charge is 0.335 e. The lowest BCUT2D eigenvalue weighted by atomic mass is 10.1. The molecule has 1 aliphatic heterocycles. The van der Waals surface area contributed by atoms with E-state index in [2.05, 4.69) is 6.92 Å². The van der Waals surface area contributed by atoms with Crippen molar-refractivity contribution < 1.29 is 4.79 Å². The summed E-state index contributed by atoms with van der Waals surface area (Å²) in [7, 11) is 0. The Hall–Kier alpha value is -0.290. The number of carbonyl (C=O) groups excluding carboxylic acids is 1. The van der Waals surface area contributed by atoms with E-state index in [9.17, 15) is 4.79 Å². The third-order valence-corrected chi connectivity index (χ3v) is 4.40. The molecule has 1 aliphatic rings. The molecule has 6 heteroatoms. The number of nitrogens with two attached hydrogens (primary N) is 1. The number of halogens is 2. The molecule has 1 aromatic heterocycles. The summed E-state index contributed by atoms with van der Waals surface area (Å²) in [4.78, 5) is 14.7. The number of thiophene rings is 1. The van der Waals surface area contributed by atoms with Crippen LogP contribution in [-0.4, -0.2) is 29.9 Å². The third kappa shape index (κ3) is 2.94. The Kier molecular flexibility index (Phi) is 5.25. The number of rotatable bonds is 2. The molecule has 2 N–H and O–H groups in total. The molecule has 0 aliphatic carbocycles. The van der Waals surface area contributed by atoms with Crippen molar-refractivity contribution in [3.8, 4) is 0 Å². The first-order chi connectivity index (χ1) is 7.63. The Morgan fingerprint density at radius 2 is 2.41 bits per heavy atom. The lowest BCUT2D eigenvalue weighted by molar-refractivity contribution is 0.0748. The minimum atomic E-state index is 0. The predicted molar refractivity (Wildman–Crippen MR) is 74.2 cm³/mol. The zero-order valence-corrected chi connectivity index (χ0v) is 11.9. The van der Waals surface area contributed by atoms with Gasteiger partial charge in [-0.1, -0.05) is 11.6 Å². The van der Waals surface area contributed by atoms with E-state index in [1.165, 1.54) is 11.3 Å². The third-order valence-electron chi connectivity index (χ3n) is 3.07. The Morgan fingerprint density at radius 1 is 1.71 bits per heavy atom. The van der Waals surface area contributed by atoms with Gasteiger partial charge in [0.2, 0.25) is 0 Å². The van der Waals surface area contributed by atoms with Crippen molar-refractivity contribution in [3.05, 3.63) is 21.3 Å². The van der Waals surface area contributed by atoms with Crippen LogP contribution in [0.4, 0.5) is 0 Å². The number of nitrogens with zero attached hydrogens (tertiary/aromatic N) is 1. The maximum absolute atomic E-state index is 12.2. The van der Waals surface area contributed by atoms with Crippen molar-refractivity contribution in [3.63, 3.8) is 0 Å². The van der Waals surface area contributed by atoms with Gasteiger partial charge in [-0.3, -0.25) is 4.79 Å². The first kappa shape index (κ1) is 14.8. The summed E-state index contributed by atoms with van der Waals surface area (Å²) in [6, 6.07) is 2.03. The lowest BCUT2D eigenvalue weighted by Gasteiger charge is -2.20. The highest BCUT2D eigenvalue weighted by Gasteiger charge is 2.33. The molecule has 2 heterocycles. The van der Waals surface area contributed by atoms with Crippen LogP contribution in [0.5, 0.6) is 0 Å². The van der Waals surface area contributed by atoms with Crippen molar-refractivity contribution in [1.29, 1.82) is 0 Å². The summed E-state index contributed by atoms with van der Waals surface area (Å²) in [6.07, 6.45) is 0.991. The van der Waals surface area contributed by atoms with Gasteiger partial charge in [-0.05, 0) is 37.3 Å². The summed E-state index contributed by atoms with van der Waals surface area (Å²) in [6.45, 7) is 3.46. The molecule has 2 unspecified atom stereocenters. The molecular formula is C11H16Cl2N2OS. The Labute approximate surface area is 116 Å². The van der Waals surface area contributed by atoms with E-state index in [1.54, 1.807) is 6.07 Å². The van der Waals surface area contributed by atoms with E-state index in [1.807, 2.05) is 10.3 Å². The van der Waals surface area contributed by atoms with E-state index in [0.717, 1.165) is 13.0 Å². The smallest absolute Gasteiger partial charge is 0.265 e. The minimum absolute atomic E-state index is 0. The van der Waals surface area contributed by atoms with Gasteiger partial charge in [0.25, 0.3) is 5.91 Å². The first-order valence-electron chi connectivity index (χ1n) is 5.37. The van der Waals surface area contributed by atoms with Gasteiger partial charge in [0, 0.05) is 12.6 Å². The SMILES string of the molecule is CC1CC(CN)CN1C(=O)c1sccc1Cl.Cl. The molecule has 17 heavy (non-hydrogen) atoms. The molecule has 0 saturated carbocycles. The second kappa shape index (κ2) is 6.05. The number of amides is 1. The Bertz CT molecular complexity index is 397. The fraction of sp³-hybridized carbons (Fsp3) is 0.545. The van der Waals surface area contributed by atoms with Gasteiger partial charge < -0.3 is 10.6 Å². The quantitative estimate of drug-likeness (QED) is 0.911. The normalized spacial score (nSPS) is 23.6. The molecule has 96 valence electrons. The zero-order valence-electron chi connectivity index (χ0n) is 9.56. The number of hydrogen-bond acceptors (Lipinski definition) is 3. The van der Waals surface area contributed by atoms with Gasteiger partial charge in [0.1, 0.15) is 4.88 Å². The van der Waals surface area contributed by atoms with Crippen LogP contribution in [-0.2, 0) is 0 Å². The van der Waals surface area contributed by atoms with E-state index >= 15 is 0 Å². The van der Waals surface area contributed by atoms with Crippen LogP contribution >= 0.6 is 35.3 Å². The van der Waals surface area contributed by atoms with Crippen LogP contribution < -0.4 is 5.73 Å². The van der Waals surface area contributed by atoms with Crippen LogP contribution in [0.2, 0.25) is 5.02 Å². The number of likely N-dealkylation sites (tertiary alicyclic amines) is 1. The maximum Gasteiger partial charge on any atom is 0.265 e. The second-order valence-electron chi connectivity index (χ2n) is 4.24. The van der Waals surface area contributed by atoms with Crippen molar-refractivity contribution in [2.24, 2.45) is 11.7 Å². The molecule has 1 saturated heterocycles. The highest BCUT2D eigenvalue weighted by atomic mass is 35.5. The highest BCUT2D eigenvalue weighted by molar-refractivity contribution is 7.12. The van der Waals surface area contributed by atoms with Crippen LogP contribution in [0.3, 0.4) is 0 Å². The highest BCUT2D eigenvalue weighted by Crippen LogP contribution is 2.29. The fourth-order valence-corrected chi connectivity index (χ4v) is 3.26. The summed E-state index contributed by atoms with van der Waals surface area (Å²) in [5, 5.41) is 2.40. The molecule has 2 atom stereocenters. The van der Waals surface area contributed by atoms with E-state index in [0.29, 0.717) is 22.4 Å². The van der Waals surface area contributed by atoms with Crippen LogP contribution in [0.25, 0.3) is 0 Å². The Balaban J connectivity index is 0.00000144. The van der Waals surface area contributed by atoms with Crippen LogP contribution in [0.15, 0.2) is 11.4 Å². The van der Waals surface area contributed by atoms with Crippen molar-refractivity contribution >= 4 is 41.3 Å². The van der Waals surface area contributed by atoms with Crippen molar-refractivity contribution in [1.82, 2.24) is 4.90 Å². The molecule has 1 fully saturated rings. The second-order valence-corrected chi connectivity index (χ2v) is 5.56. The topological polar surface area (TPSA) is 46.3 Å². The maximum atomic E-state index is 12.2. The minimum Gasteiger partial charge on any atom is -0.335 e. The van der Waals surface area contributed by atoms with Crippen LogP contribution in [0.1, 0.15) is 23.0 Å². The van der Waals surface area contributed by atoms with Crippen molar-refractivity contribution in [2.45, 2.75) is 19.4 Å². The number of carbonyl (C=O) groups is 1. The first-order valence-corrected chi connectivity index (χ1v) is 6.63. The average Bonchev–Trinajstić information content (AvgIpc) is 2.83. The molecule has 0 bridgehead atoms. The van der Waals surface area contributed by atoms with E-state index in [4.69, 9.17) is 17.3 Å². The monoisotopic (exact) mass is 294 g/mol. The fourth-order valence-electron chi connectivity index (χ4n) is 2.17. The van der Waals surface area contributed by atoms with Gasteiger partial charge in [-0.2, -0.15) is 0 Å². The van der Waals surface area contributed by atoms with Crippen LogP contribution in [0, 0.1) is 5.92 Å². The van der Waals surface area contributed by atoms with E-state index in [-0.39, 0.29) is 24.4 Å². The molecular weight excluding hydrogens is 279 g/mol. The Morgan fingerprint density at radius 3 is 2.88 bits per heavy atom. The molecule has 2 rings (SSSR count). The summed E-state index contributed by atoms with van der Waals surface area (Å²) >= 11 is 7.37. The average molecular weight is 295 g/mol. The van der Waals surface area contributed by atoms with Crippen molar-refractivity contribution in [2.75, 3.05) is 13.1 Å². The molecule has 0 aromatic carbocycles. The van der Waals surface area contributed by atoms with Gasteiger partial charge in [-0.15, -0.1) is 23.7 Å². The lowest BCUT2D eigenvalue weighted by Crippen LogP contribution is -2.34. The summed E-state index contributed by atoms with van der Waals surface area (Å²) in [5.41, 5.74) is 5.65. The molecule has 0 spiro atoms. The van der Waals surface area contributed by atoms with Gasteiger partial charge in [-0.25, -0.2) is 0 Å². The molecule has 1 amide bonds. The number of hydrogen-bond donors (Lipinski definition) is 1. The zero-order chi connectivity index (χ0) is 11.7. The van der Waals surface area contributed by atoms with Gasteiger partial charge in [0.05, 0.1) is 5.02 Å². The summed E-state index contributed by atoms with van der Waals surface area (Å²) < 4.78 is 0. The molecule has 3 nitrogen and oxygen atoms in total. The van der Waals surface area contributed by atoms with E-state index < -0.39 is 0 Å². The van der Waals surface area contributed by atoms with Gasteiger partial charge >= 0.3 is 0 Å². The summed E-state index contributed by atoms with van der Waals surface area (Å²) in [5.74, 6) is 0.473. The molecule has 0 radical (unpaired) electrons. The predicted octanol–water partition coefficient (Wildman–Crippen LogP) is 2.63. The molecule has 1 aromatic rings. The standard InChI is InChI=1S/C11H15ClN2OS.ClH/c1-7-4-8(5-13)6-14(7)11(15)10-9(12)2-3-16-10;/h2-3,7-8H,4-6,13H2,1H3;1H. The van der Waals surface area contributed by atoms with Gasteiger partial charge in [0.15, 0.2) is 0 Å².